The number of nitrogens with one attached hydrogen (secondary N) is 4. The molecule has 3 amide bonds. The highest BCUT2D eigenvalue weighted by atomic mass is 16.6. The summed E-state index contributed by atoms with van der Waals surface area (Å²) in [7, 11) is 0. The van der Waals surface area contributed by atoms with E-state index in [4.69, 9.17) is 18.9 Å². The Kier molecular flexibility index (Phi) is 11.1. The topological polar surface area (TPSA) is 165 Å². The van der Waals surface area contributed by atoms with Crippen molar-refractivity contribution in [1.29, 1.82) is 0 Å². The van der Waals surface area contributed by atoms with E-state index in [0.29, 0.717) is 28.2 Å². The van der Waals surface area contributed by atoms with Crippen molar-refractivity contribution < 1.29 is 33.3 Å². The fourth-order valence-electron chi connectivity index (χ4n) is 4.62. The zero-order valence-electron chi connectivity index (χ0n) is 27.1. The number of guanidine groups is 1. The highest BCUT2D eigenvalue weighted by Crippen LogP contribution is 2.27. The zero-order chi connectivity index (χ0) is 35.3. The summed E-state index contributed by atoms with van der Waals surface area (Å²) in [5, 5.41) is 7.53. The first-order valence-electron chi connectivity index (χ1n) is 15.7. The lowest BCUT2D eigenvalue weighted by atomic mass is 10.2. The van der Waals surface area contributed by atoms with E-state index in [2.05, 4.69) is 30.9 Å². The standard InChI is InChI=1S/C38H32N6O7/c45-36(48-23-26-10-4-1-5-11-26)42-34(43-37(46)49-24-27-12-6-2-7-13-27)39-29-16-18-30(19-17-29)51-31-20-21-32-33(22-31)41-35(40-32)44-38(47)50-25-28-14-8-3-9-15-28/h1-22H,23-25H2,(H2,40,41,44,47)(H2,39,42,43,45,46). The van der Waals surface area contributed by atoms with Gasteiger partial charge in [-0.25, -0.2) is 24.4 Å². The van der Waals surface area contributed by atoms with E-state index in [1.54, 1.807) is 42.5 Å². The molecule has 5 aromatic carbocycles. The minimum absolute atomic E-state index is 0.0217. The number of benzene rings is 5. The Morgan fingerprint density at radius 1 is 0.588 bits per heavy atom. The number of fused-ring (bicyclic) bond motifs is 1. The summed E-state index contributed by atoms with van der Waals surface area (Å²) in [5.41, 5.74) is 4.09. The molecule has 13 nitrogen and oxygen atoms in total. The maximum atomic E-state index is 12.6. The van der Waals surface area contributed by atoms with Gasteiger partial charge in [-0.05, 0) is 53.1 Å². The molecule has 6 aromatic rings. The number of amides is 3. The van der Waals surface area contributed by atoms with E-state index in [-0.39, 0.29) is 31.7 Å². The number of nitrogens with zero attached hydrogens (tertiary/aromatic N) is 2. The molecule has 0 saturated heterocycles. The van der Waals surface area contributed by atoms with Gasteiger partial charge in [0.1, 0.15) is 31.3 Å². The van der Waals surface area contributed by atoms with Gasteiger partial charge in [0.2, 0.25) is 11.9 Å². The molecule has 1 aromatic heterocycles. The normalized spacial score (nSPS) is 10.4. The van der Waals surface area contributed by atoms with Gasteiger partial charge in [0, 0.05) is 6.07 Å². The van der Waals surface area contributed by atoms with Crippen LogP contribution in [0.5, 0.6) is 11.5 Å². The van der Waals surface area contributed by atoms with Gasteiger partial charge in [-0.3, -0.25) is 16.0 Å². The van der Waals surface area contributed by atoms with Crippen molar-refractivity contribution in [3.63, 3.8) is 0 Å². The van der Waals surface area contributed by atoms with Crippen LogP contribution in [-0.4, -0.2) is 34.2 Å². The Labute approximate surface area is 292 Å². The molecular formula is C38H32N6O7. The number of aromatic amines is 1. The van der Waals surface area contributed by atoms with Crippen LogP contribution in [0.15, 0.2) is 138 Å². The van der Waals surface area contributed by atoms with Crippen molar-refractivity contribution in [2.75, 3.05) is 5.32 Å². The maximum Gasteiger partial charge on any atom is 0.414 e. The average molecular weight is 685 g/mol. The van der Waals surface area contributed by atoms with E-state index in [9.17, 15) is 14.4 Å². The Morgan fingerprint density at radius 2 is 1.08 bits per heavy atom. The van der Waals surface area contributed by atoms with Crippen LogP contribution in [0.2, 0.25) is 0 Å². The average Bonchev–Trinajstić information content (AvgIpc) is 3.56. The predicted molar refractivity (Wildman–Crippen MR) is 189 cm³/mol. The third-order valence-electron chi connectivity index (χ3n) is 7.07. The van der Waals surface area contributed by atoms with E-state index in [0.717, 1.165) is 16.7 Å². The van der Waals surface area contributed by atoms with Crippen LogP contribution in [0.25, 0.3) is 11.0 Å². The monoisotopic (exact) mass is 684 g/mol. The smallest absolute Gasteiger partial charge is 0.414 e. The molecule has 0 atom stereocenters. The number of hydrogen-bond donors (Lipinski definition) is 4. The number of ether oxygens (including phenoxy) is 4. The van der Waals surface area contributed by atoms with Gasteiger partial charge in [0.15, 0.2) is 0 Å². The van der Waals surface area contributed by atoms with Crippen molar-refractivity contribution in [2.45, 2.75) is 19.8 Å². The van der Waals surface area contributed by atoms with Crippen LogP contribution in [0, 0.1) is 0 Å². The lowest BCUT2D eigenvalue weighted by Crippen LogP contribution is -2.44. The molecule has 0 fully saturated rings. The molecule has 0 spiro atoms. The summed E-state index contributed by atoms with van der Waals surface area (Å²) >= 11 is 0. The van der Waals surface area contributed by atoms with Crippen LogP contribution >= 0.6 is 0 Å². The fourth-order valence-corrected chi connectivity index (χ4v) is 4.62. The number of aliphatic imine (C=N–C) groups is 1. The largest absolute Gasteiger partial charge is 0.457 e. The highest BCUT2D eigenvalue weighted by molar-refractivity contribution is 6.02. The second-order valence-corrected chi connectivity index (χ2v) is 10.9. The third kappa shape index (κ3) is 10.4. The van der Waals surface area contributed by atoms with Crippen molar-refractivity contribution in [3.8, 4) is 11.5 Å². The summed E-state index contributed by atoms with van der Waals surface area (Å²) in [6.07, 6.45) is -2.28. The highest BCUT2D eigenvalue weighted by Gasteiger charge is 2.14. The number of carbonyl (C=O) groups excluding carboxylic acids is 3. The predicted octanol–water partition coefficient (Wildman–Crippen LogP) is 7.94. The second-order valence-electron chi connectivity index (χ2n) is 10.9. The summed E-state index contributed by atoms with van der Waals surface area (Å²) < 4.78 is 21.9. The summed E-state index contributed by atoms with van der Waals surface area (Å²) in [4.78, 5) is 49.3. The van der Waals surface area contributed by atoms with Gasteiger partial charge in [-0.15, -0.1) is 0 Å². The Morgan fingerprint density at radius 3 is 1.61 bits per heavy atom. The van der Waals surface area contributed by atoms with Crippen molar-refractivity contribution >= 4 is 46.9 Å². The lowest BCUT2D eigenvalue weighted by Gasteiger charge is -2.12. The molecule has 0 aliphatic heterocycles. The molecular weight excluding hydrogens is 652 g/mol. The zero-order valence-corrected chi connectivity index (χ0v) is 27.1. The summed E-state index contributed by atoms with van der Waals surface area (Å²) in [6.45, 7) is 0.174. The Bertz CT molecular complexity index is 2050. The second kappa shape index (κ2) is 16.8. The van der Waals surface area contributed by atoms with E-state index in [1.165, 1.54) is 0 Å². The number of imidazole rings is 1. The minimum atomic E-state index is -0.822. The minimum Gasteiger partial charge on any atom is -0.457 e. The van der Waals surface area contributed by atoms with E-state index < -0.39 is 18.3 Å². The summed E-state index contributed by atoms with van der Waals surface area (Å²) in [6, 6.07) is 39.5. The third-order valence-corrected chi connectivity index (χ3v) is 7.07. The first-order valence-corrected chi connectivity index (χ1v) is 15.7. The van der Waals surface area contributed by atoms with Gasteiger partial charge in [0.25, 0.3) is 0 Å². The molecule has 51 heavy (non-hydrogen) atoms. The number of rotatable bonds is 10. The molecule has 6 rings (SSSR count). The van der Waals surface area contributed by atoms with Gasteiger partial charge in [0.05, 0.1) is 16.7 Å². The van der Waals surface area contributed by atoms with Gasteiger partial charge in [-0.2, -0.15) is 0 Å². The molecule has 0 radical (unpaired) electrons. The SMILES string of the molecule is O=C(NC(=Nc1ccc(Oc2ccc3nc(NC(=O)OCc4ccccc4)[nH]c3c2)cc1)NC(=O)OCc1ccccc1)OCc1ccccc1. The lowest BCUT2D eigenvalue weighted by molar-refractivity contribution is 0.141. The molecule has 0 unspecified atom stereocenters. The van der Waals surface area contributed by atoms with Gasteiger partial charge in [-0.1, -0.05) is 91.0 Å². The van der Waals surface area contributed by atoms with Crippen molar-refractivity contribution in [2.24, 2.45) is 4.99 Å². The van der Waals surface area contributed by atoms with Gasteiger partial charge >= 0.3 is 18.3 Å². The molecule has 256 valence electrons. The quantitative estimate of drug-likeness (QED) is 0.0641. The van der Waals surface area contributed by atoms with Gasteiger partial charge < -0.3 is 23.9 Å². The van der Waals surface area contributed by atoms with E-state index >= 15 is 0 Å². The number of H-pyrrole nitrogens is 1. The van der Waals surface area contributed by atoms with Crippen LogP contribution in [0.3, 0.4) is 0 Å². The van der Waals surface area contributed by atoms with Crippen LogP contribution in [0.4, 0.5) is 26.0 Å². The molecule has 1 heterocycles. The molecule has 0 aliphatic rings. The van der Waals surface area contributed by atoms with Crippen molar-refractivity contribution in [3.05, 3.63) is 150 Å². The van der Waals surface area contributed by atoms with Crippen LogP contribution in [-0.2, 0) is 34.0 Å². The molecule has 13 heteroatoms. The van der Waals surface area contributed by atoms with Crippen LogP contribution in [0.1, 0.15) is 16.7 Å². The Hall–Kier alpha value is -7.15. The van der Waals surface area contributed by atoms with Crippen molar-refractivity contribution in [1.82, 2.24) is 20.6 Å². The number of anilines is 1. The molecule has 4 N–H and O–H groups in total. The van der Waals surface area contributed by atoms with E-state index in [1.807, 2.05) is 91.0 Å². The molecule has 0 bridgehead atoms. The first kappa shape index (κ1) is 33.7. The fraction of sp³-hybridized carbons (Fsp3) is 0.0789. The first-order chi connectivity index (χ1) is 24.9. The molecule has 0 aliphatic carbocycles. The van der Waals surface area contributed by atoms with Crippen LogP contribution < -0.4 is 20.7 Å². The Balaban J connectivity index is 1.08. The number of alkyl carbamates (subject to hydrolysis) is 2. The number of aromatic nitrogens is 2. The summed E-state index contributed by atoms with van der Waals surface area (Å²) in [5.74, 6) is 1.03. The molecule has 0 saturated carbocycles. The maximum absolute atomic E-state index is 12.6. The number of carbonyl (C=O) groups is 3. The number of hydrogen-bond acceptors (Lipinski definition) is 9.